The lowest BCUT2D eigenvalue weighted by Crippen LogP contribution is -2.21. The van der Waals surface area contributed by atoms with Gasteiger partial charge in [-0.1, -0.05) is 48.5 Å². The number of esters is 1. The topological polar surface area (TPSA) is 113 Å². The summed E-state index contributed by atoms with van der Waals surface area (Å²) >= 11 is 0. The Kier molecular flexibility index (Phi) is 8.02. The van der Waals surface area contributed by atoms with E-state index in [9.17, 15) is 14.4 Å². The Hall–Kier alpha value is -5.49. The van der Waals surface area contributed by atoms with Crippen molar-refractivity contribution in [3.05, 3.63) is 125 Å². The molecule has 0 radical (unpaired) electrons. The van der Waals surface area contributed by atoms with Gasteiger partial charge in [-0.25, -0.2) is 9.18 Å². The number of para-hydroxylation sites is 2. The van der Waals surface area contributed by atoms with E-state index in [-0.39, 0.29) is 36.2 Å². The summed E-state index contributed by atoms with van der Waals surface area (Å²) in [5.41, 5.74) is 8.14. The molecule has 0 aromatic heterocycles. The normalized spacial score (nSPS) is 13.8. The van der Waals surface area contributed by atoms with E-state index in [1.807, 2.05) is 6.07 Å². The van der Waals surface area contributed by atoms with E-state index in [1.54, 1.807) is 72.8 Å². The van der Waals surface area contributed by atoms with Gasteiger partial charge in [0.15, 0.2) is 18.1 Å². The van der Waals surface area contributed by atoms with Crippen molar-refractivity contribution < 1.29 is 32.9 Å². The Balaban J connectivity index is 1.34. The van der Waals surface area contributed by atoms with E-state index in [0.29, 0.717) is 34.1 Å². The van der Waals surface area contributed by atoms with Gasteiger partial charge < -0.3 is 29.4 Å². The second-order valence-corrected chi connectivity index (χ2v) is 8.99. The number of ether oxygens (including phenoxy) is 5. The molecule has 41 heavy (non-hydrogen) atoms. The predicted molar refractivity (Wildman–Crippen MR) is 147 cm³/mol. The maximum atomic E-state index is 14.0. The van der Waals surface area contributed by atoms with Crippen molar-refractivity contribution in [1.82, 2.24) is 0 Å². The van der Waals surface area contributed by atoms with Gasteiger partial charge in [-0.2, -0.15) is 5.26 Å². The first-order valence-electron chi connectivity index (χ1n) is 12.6. The number of benzene rings is 4. The van der Waals surface area contributed by atoms with Gasteiger partial charge in [0, 0.05) is 17.2 Å². The van der Waals surface area contributed by atoms with E-state index in [0.717, 1.165) is 5.56 Å². The third kappa shape index (κ3) is 6.07. The van der Waals surface area contributed by atoms with Crippen molar-refractivity contribution in [1.29, 1.82) is 5.26 Å². The van der Waals surface area contributed by atoms with Crippen molar-refractivity contribution in [2.75, 3.05) is 13.7 Å². The molecule has 1 atom stereocenters. The van der Waals surface area contributed by atoms with E-state index < -0.39 is 11.9 Å². The molecule has 4 aromatic carbocycles. The van der Waals surface area contributed by atoms with Gasteiger partial charge in [-0.05, 0) is 42.0 Å². The summed E-state index contributed by atoms with van der Waals surface area (Å²) in [6.07, 6.45) is 0. The number of fused-ring (bicyclic) bond motifs is 1. The first-order chi connectivity index (χ1) is 20.0. The van der Waals surface area contributed by atoms with Crippen LogP contribution in [0.3, 0.4) is 0 Å². The Labute approximate surface area is 235 Å². The molecule has 1 aliphatic heterocycles. The summed E-state index contributed by atoms with van der Waals surface area (Å²) in [4.78, 5) is 12.5. The molecule has 1 heterocycles. The molecule has 0 bridgehead atoms. The number of halogens is 1. The number of allylic oxidation sites excluding steroid dienone is 1. The summed E-state index contributed by atoms with van der Waals surface area (Å²) in [5.74, 6) is 0.319. The number of carbonyl (C=O) groups is 1. The van der Waals surface area contributed by atoms with Crippen LogP contribution in [0.15, 0.2) is 102 Å². The van der Waals surface area contributed by atoms with Crippen molar-refractivity contribution in [3.63, 3.8) is 0 Å². The van der Waals surface area contributed by atoms with Crippen molar-refractivity contribution in [3.8, 4) is 34.8 Å². The van der Waals surface area contributed by atoms with E-state index in [2.05, 4.69) is 6.07 Å². The SMILES string of the molecule is COc1ccccc1OCC(=O)Oc1ccc2c(c1)OC(N)=C(C#N)C2c1cccc(OCc2ccccc2F)c1. The van der Waals surface area contributed by atoms with Gasteiger partial charge in [-0.15, -0.1) is 0 Å². The van der Waals surface area contributed by atoms with Crippen molar-refractivity contribution in [2.45, 2.75) is 12.5 Å². The summed E-state index contributed by atoms with van der Waals surface area (Å²) < 4.78 is 41.8. The molecule has 0 saturated carbocycles. The molecule has 0 amide bonds. The minimum Gasteiger partial charge on any atom is -0.493 e. The maximum absolute atomic E-state index is 14.0. The van der Waals surface area contributed by atoms with Gasteiger partial charge in [-0.3, -0.25) is 0 Å². The molecule has 9 heteroatoms. The molecule has 0 spiro atoms. The van der Waals surface area contributed by atoms with Crippen LogP contribution in [0.2, 0.25) is 0 Å². The number of nitriles is 1. The molecule has 4 aromatic rings. The lowest BCUT2D eigenvalue weighted by molar-refractivity contribution is -0.136. The third-order valence-electron chi connectivity index (χ3n) is 6.38. The smallest absolute Gasteiger partial charge is 0.349 e. The molecule has 0 fully saturated rings. The van der Waals surface area contributed by atoms with E-state index in [4.69, 9.17) is 29.4 Å². The highest BCUT2D eigenvalue weighted by atomic mass is 19.1. The van der Waals surface area contributed by atoms with Gasteiger partial charge in [0.1, 0.15) is 41.3 Å². The fourth-order valence-corrected chi connectivity index (χ4v) is 4.44. The van der Waals surface area contributed by atoms with Crippen LogP contribution < -0.4 is 29.4 Å². The summed E-state index contributed by atoms with van der Waals surface area (Å²) in [5, 5.41) is 9.90. The standard InChI is InChI=1S/C32H25FN2O6/c1-37-27-11-4-5-12-28(27)39-19-30(36)40-23-13-14-24-29(16-23)41-32(35)25(17-34)31(24)20-8-6-9-22(15-20)38-18-21-7-2-3-10-26(21)33/h2-16,31H,18-19,35H2,1H3. The number of hydrogen-bond donors (Lipinski definition) is 1. The Morgan fingerprint density at radius 2 is 1.73 bits per heavy atom. The zero-order valence-electron chi connectivity index (χ0n) is 22.0. The van der Waals surface area contributed by atoms with Gasteiger partial charge in [0.2, 0.25) is 5.88 Å². The lowest BCUT2D eigenvalue weighted by Gasteiger charge is -2.27. The summed E-state index contributed by atoms with van der Waals surface area (Å²) in [7, 11) is 1.51. The minimum atomic E-state index is -0.635. The molecule has 8 nitrogen and oxygen atoms in total. The van der Waals surface area contributed by atoms with Crippen LogP contribution in [0.4, 0.5) is 4.39 Å². The highest BCUT2D eigenvalue weighted by Crippen LogP contribution is 2.44. The number of carbonyl (C=O) groups excluding carboxylic acids is 1. The number of nitrogens with zero attached hydrogens (tertiary/aromatic N) is 1. The van der Waals surface area contributed by atoms with Gasteiger partial charge in [0.05, 0.1) is 13.0 Å². The summed E-state index contributed by atoms with van der Waals surface area (Å²) in [6, 6.07) is 27.5. The number of hydrogen-bond acceptors (Lipinski definition) is 8. The second kappa shape index (κ2) is 12.1. The van der Waals surface area contributed by atoms with Crippen LogP contribution in [-0.4, -0.2) is 19.7 Å². The van der Waals surface area contributed by atoms with E-state index >= 15 is 0 Å². The fourth-order valence-electron chi connectivity index (χ4n) is 4.44. The number of nitrogens with two attached hydrogens (primary N) is 1. The Bertz CT molecular complexity index is 1660. The van der Waals surface area contributed by atoms with Crippen LogP contribution >= 0.6 is 0 Å². The third-order valence-corrected chi connectivity index (χ3v) is 6.38. The quantitative estimate of drug-likeness (QED) is 0.210. The fraction of sp³-hybridized carbons (Fsp3) is 0.125. The lowest BCUT2D eigenvalue weighted by atomic mass is 9.83. The minimum absolute atomic E-state index is 0.0407. The molecular formula is C32H25FN2O6. The second-order valence-electron chi connectivity index (χ2n) is 8.99. The van der Waals surface area contributed by atoms with Crippen LogP contribution in [-0.2, 0) is 11.4 Å². The first kappa shape index (κ1) is 27.1. The zero-order chi connectivity index (χ0) is 28.8. The van der Waals surface area contributed by atoms with Gasteiger partial charge >= 0.3 is 5.97 Å². The number of methoxy groups -OCH3 is 1. The molecular weight excluding hydrogens is 527 g/mol. The molecule has 0 saturated heterocycles. The molecule has 1 unspecified atom stereocenters. The molecule has 1 aliphatic rings. The van der Waals surface area contributed by atoms with Crippen molar-refractivity contribution in [2.24, 2.45) is 5.73 Å². The maximum Gasteiger partial charge on any atom is 0.349 e. The van der Waals surface area contributed by atoms with Crippen LogP contribution in [0.5, 0.6) is 28.7 Å². The number of rotatable bonds is 9. The summed E-state index contributed by atoms with van der Waals surface area (Å²) in [6.45, 7) is -0.305. The predicted octanol–water partition coefficient (Wildman–Crippen LogP) is 5.62. The van der Waals surface area contributed by atoms with Crippen LogP contribution in [0.25, 0.3) is 0 Å². The van der Waals surface area contributed by atoms with Crippen molar-refractivity contribution >= 4 is 5.97 Å². The molecule has 206 valence electrons. The molecule has 5 rings (SSSR count). The monoisotopic (exact) mass is 552 g/mol. The van der Waals surface area contributed by atoms with E-state index in [1.165, 1.54) is 19.2 Å². The van der Waals surface area contributed by atoms with Crippen LogP contribution in [0, 0.1) is 17.1 Å². The largest absolute Gasteiger partial charge is 0.493 e. The molecule has 0 aliphatic carbocycles. The average molecular weight is 553 g/mol. The average Bonchev–Trinajstić information content (AvgIpc) is 2.99. The highest BCUT2D eigenvalue weighted by Gasteiger charge is 2.31. The van der Waals surface area contributed by atoms with Gasteiger partial charge in [0.25, 0.3) is 0 Å². The zero-order valence-corrected chi connectivity index (χ0v) is 22.0. The van der Waals surface area contributed by atoms with Crippen LogP contribution in [0.1, 0.15) is 22.6 Å². The first-order valence-corrected chi connectivity index (χ1v) is 12.6. The Morgan fingerprint density at radius 1 is 0.951 bits per heavy atom. The highest BCUT2D eigenvalue weighted by molar-refractivity contribution is 5.74. The Morgan fingerprint density at radius 3 is 2.51 bits per heavy atom. The molecule has 2 N–H and O–H groups in total.